The van der Waals surface area contributed by atoms with Crippen LogP contribution in [-0.2, 0) is 11.3 Å². The van der Waals surface area contributed by atoms with Gasteiger partial charge in [-0.2, -0.15) is 0 Å². The Bertz CT molecular complexity index is 799. The molecule has 1 saturated heterocycles. The van der Waals surface area contributed by atoms with Crippen LogP contribution in [0.5, 0.6) is 5.75 Å². The summed E-state index contributed by atoms with van der Waals surface area (Å²) in [4.78, 5) is 25.9. The van der Waals surface area contributed by atoms with Crippen LogP contribution in [0.4, 0.5) is 5.69 Å². The van der Waals surface area contributed by atoms with E-state index in [0.29, 0.717) is 25.1 Å². The molecule has 0 spiro atoms. The van der Waals surface area contributed by atoms with Crippen LogP contribution in [0.15, 0.2) is 42.5 Å². The van der Waals surface area contributed by atoms with Crippen LogP contribution in [0.3, 0.4) is 0 Å². The summed E-state index contributed by atoms with van der Waals surface area (Å²) < 4.78 is 5.50. The van der Waals surface area contributed by atoms with Gasteiger partial charge in [0.1, 0.15) is 5.75 Å². The maximum atomic E-state index is 12.4. The van der Waals surface area contributed by atoms with E-state index in [-0.39, 0.29) is 11.8 Å². The standard InChI is InChI=1S/C21H24N2O3/c1-3-26-19-11-8-17(13-15(19)2)21(25)22-14-16-6-9-18(10-7-16)23-12-4-5-20(23)24/h6-11,13H,3-5,12,14H2,1-2H3,(H,22,25). The van der Waals surface area contributed by atoms with Crippen molar-refractivity contribution in [3.05, 3.63) is 59.2 Å². The number of benzene rings is 2. The van der Waals surface area contributed by atoms with Gasteiger partial charge in [0, 0.05) is 30.8 Å². The Hall–Kier alpha value is -2.82. The molecule has 1 N–H and O–H groups in total. The Morgan fingerprint density at radius 2 is 1.96 bits per heavy atom. The minimum absolute atomic E-state index is 0.116. The number of ether oxygens (including phenoxy) is 1. The molecule has 2 aromatic carbocycles. The van der Waals surface area contributed by atoms with E-state index in [1.54, 1.807) is 6.07 Å². The first-order valence-electron chi connectivity index (χ1n) is 8.99. The van der Waals surface area contributed by atoms with E-state index in [1.807, 2.05) is 55.1 Å². The Morgan fingerprint density at radius 1 is 1.19 bits per heavy atom. The maximum Gasteiger partial charge on any atom is 0.251 e. The fourth-order valence-electron chi connectivity index (χ4n) is 3.11. The molecule has 0 unspecified atom stereocenters. The highest BCUT2D eigenvalue weighted by Gasteiger charge is 2.21. The van der Waals surface area contributed by atoms with Crippen LogP contribution in [0.1, 0.15) is 41.3 Å². The molecule has 0 aromatic heterocycles. The fraction of sp³-hybridized carbons (Fsp3) is 0.333. The molecule has 5 heteroatoms. The number of hydrogen-bond donors (Lipinski definition) is 1. The Labute approximate surface area is 154 Å². The van der Waals surface area contributed by atoms with Crippen LogP contribution < -0.4 is 15.0 Å². The second kappa shape index (κ2) is 8.04. The van der Waals surface area contributed by atoms with Gasteiger partial charge >= 0.3 is 0 Å². The zero-order valence-corrected chi connectivity index (χ0v) is 15.2. The summed E-state index contributed by atoms with van der Waals surface area (Å²) in [5.41, 5.74) is 3.48. The van der Waals surface area contributed by atoms with Gasteiger partial charge in [-0.25, -0.2) is 0 Å². The Balaban J connectivity index is 1.59. The molecule has 1 aliphatic rings. The number of aryl methyl sites for hydroxylation is 1. The van der Waals surface area contributed by atoms with Gasteiger partial charge in [0.2, 0.25) is 5.91 Å². The molecule has 1 fully saturated rings. The predicted molar refractivity (Wildman–Crippen MR) is 102 cm³/mol. The normalized spacial score (nSPS) is 13.8. The molecule has 26 heavy (non-hydrogen) atoms. The molecule has 0 bridgehead atoms. The van der Waals surface area contributed by atoms with Crippen LogP contribution in [0.25, 0.3) is 0 Å². The number of anilines is 1. The third-order valence-electron chi connectivity index (χ3n) is 4.51. The number of carbonyl (C=O) groups excluding carboxylic acids is 2. The number of rotatable bonds is 6. The largest absolute Gasteiger partial charge is 0.494 e. The lowest BCUT2D eigenvalue weighted by molar-refractivity contribution is -0.117. The number of carbonyl (C=O) groups is 2. The molecule has 5 nitrogen and oxygen atoms in total. The number of nitrogens with one attached hydrogen (secondary N) is 1. The lowest BCUT2D eigenvalue weighted by atomic mass is 10.1. The monoisotopic (exact) mass is 352 g/mol. The molecular weight excluding hydrogens is 328 g/mol. The van der Waals surface area contributed by atoms with E-state index >= 15 is 0 Å². The predicted octanol–water partition coefficient (Wildman–Crippen LogP) is 3.45. The zero-order chi connectivity index (χ0) is 18.5. The molecule has 1 heterocycles. The Kier molecular flexibility index (Phi) is 5.56. The topological polar surface area (TPSA) is 58.6 Å². The molecule has 2 aromatic rings. The fourth-order valence-corrected chi connectivity index (χ4v) is 3.11. The summed E-state index contributed by atoms with van der Waals surface area (Å²) in [6.45, 7) is 5.70. The minimum atomic E-state index is -0.116. The van der Waals surface area contributed by atoms with Gasteiger partial charge < -0.3 is 15.0 Å². The van der Waals surface area contributed by atoms with Gasteiger partial charge in [-0.1, -0.05) is 12.1 Å². The van der Waals surface area contributed by atoms with Crippen LogP contribution in [0.2, 0.25) is 0 Å². The molecule has 0 aliphatic carbocycles. The van der Waals surface area contributed by atoms with Crippen molar-refractivity contribution in [3.8, 4) is 5.75 Å². The molecule has 3 rings (SSSR count). The van der Waals surface area contributed by atoms with Crippen molar-refractivity contribution in [2.45, 2.75) is 33.2 Å². The van der Waals surface area contributed by atoms with Crippen molar-refractivity contribution >= 4 is 17.5 Å². The molecule has 0 radical (unpaired) electrons. The first-order chi connectivity index (χ1) is 12.6. The third-order valence-corrected chi connectivity index (χ3v) is 4.51. The van der Waals surface area contributed by atoms with Crippen molar-refractivity contribution in [2.75, 3.05) is 18.1 Å². The summed E-state index contributed by atoms with van der Waals surface area (Å²) >= 11 is 0. The summed E-state index contributed by atoms with van der Waals surface area (Å²) in [6.07, 6.45) is 1.54. The molecule has 0 atom stereocenters. The number of amides is 2. The first-order valence-corrected chi connectivity index (χ1v) is 8.99. The van der Waals surface area contributed by atoms with E-state index in [4.69, 9.17) is 4.74 Å². The van der Waals surface area contributed by atoms with E-state index in [2.05, 4.69) is 5.32 Å². The second-order valence-corrected chi connectivity index (χ2v) is 6.41. The van der Waals surface area contributed by atoms with Gasteiger partial charge in [0.25, 0.3) is 5.91 Å². The average Bonchev–Trinajstić information content (AvgIpc) is 3.08. The molecule has 0 saturated carbocycles. The third kappa shape index (κ3) is 4.04. The molecule has 1 aliphatic heterocycles. The summed E-state index contributed by atoms with van der Waals surface area (Å²) in [7, 11) is 0. The lowest BCUT2D eigenvalue weighted by Crippen LogP contribution is -2.24. The summed E-state index contributed by atoms with van der Waals surface area (Å²) in [6, 6.07) is 13.2. The SMILES string of the molecule is CCOc1ccc(C(=O)NCc2ccc(N3CCCC3=O)cc2)cc1C. The first kappa shape index (κ1) is 18.0. The highest BCUT2D eigenvalue weighted by Crippen LogP contribution is 2.22. The lowest BCUT2D eigenvalue weighted by Gasteiger charge is -2.16. The maximum absolute atomic E-state index is 12.4. The highest BCUT2D eigenvalue weighted by atomic mass is 16.5. The van der Waals surface area contributed by atoms with Crippen molar-refractivity contribution in [2.24, 2.45) is 0 Å². The molecule has 2 amide bonds. The smallest absolute Gasteiger partial charge is 0.251 e. The zero-order valence-electron chi connectivity index (χ0n) is 15.2. The quantitative estimate of drug-likeness (QED) is 0.866. The van der Waals surface area contributed by atoms with Gasteiger partial charge in [-0.15, -0.1) is 0 Å². The van der Waals surface area contributed by atoms with Crippen molar-refractivity contribution in [1.82, 2.24) is 5.32 Å². The van der Waals surface area contributed by atoms with E-state index in [9.17, 15) is 9.59 Å². The van der Waals surface area contributed by atoms with E-state index in [1.165, 1.54) is 0 Å². The van der Waals surface area contributed by atoms with Crippen molar-refractivity contribution in [3.63, 3.8) is 0 Å². The van der Waals surface area contributed by atoms with Gasteiger partial charge in [-0.05, 0) is 61.7 Å². The number of nitrogens with zero attached hydrogens (tertiary/aromatic N) is 1. The molecule has 136 valence electrons. The summed E-state index contributed by atoms with van der Waals surface area (Å²) in [5.74, 6) is 0.864. The summed E-state index contributed by atoms with van der Waals surface area (Å²) in [5, 5.41) is 2.93. The highest BCUT2D eigenvalue weighted by molar-refractivity contribution is 5.95. The van der Waals surface area contributed by atoms with Crippen LogP contribution in [-0.4, -0.2) is 25.0 Å². The van der Waals surface area contributed by atoms with Crippen molar-refractivity contribution in [1.29, 1.82) is 0 Å². The minimum Gasteiger partial charge on any atom is -0.494 e. The average molecular weight is 352 g/mol. The van der Waals surface area contributed by atoms with Gasteiger partial charge in [-0.3, -0.25) is 9.59 Å². The Morgan fingerprint density at radius 3 is 2.58 bits per heavy atom. The second-order valence-electron chi connectivity index (χ2n) is 6.41. The van der Waals surface area contributed by atoms with E-state index in [0.717, 1.165) is 35.5 Å². The van der Waals surface area contributed by atoms with Crippen LogP contribution in [0, 0.1) is 6.92 Å². The van der Waals surface area contributed by atoms with Gasteiger partial charge in [0.05, 0.1) is 6.61 Å². The molecular formula is C21H24N2O3. The van der Waals surface area contributed by atoms with Crippen molar-refractivity contribution < 1.29 is 14.3 Å². The van der Waals surface area contributed by atoms with Gasteiger partial charge in [0.15, 0.2) is 0 Å². The van der Waals surface area contributed by atoms with Crippen LogP contribution >= 0.6 is 0 Å². The van der Waals surface area contributed by atoms with E-state index < -0.39 is 0 Å². The number of hydrogen-bond acceptors (Lipinski definition) is 3.